The number of aryl methyl sites for hydroxylation is 1. The van der Waals surface area contributed by atoms with Crippen LogP contribution in [0.25, 0.3) is 0 Å². The van der Waals surface area contributed by atoms with Crippen LogP contribution in [0.5, 0.6) is 0 Å². The van der Waals surface area contributed by atoms with Crippen LogP contribution in [-0.4, -0.2) is 39.4 Å². The minimum atomic E-state index is -3.59. The van der Waals surface area contributed by atoms with Gasteiger partial charge < -0.3 is 5.32 Å². The molecule has 1 saturated heterocycles. The van der Waals surface area contributed by atoms with E-state index in [2.05, 4.69) is 5.32 Å². The van der Waals surface area contributed by atoms with Crippen molar-refractivity contribution in [3.63, 3.8) is 0 Å². The van der Waals surface area contributed by atoms with Crippen LogP contribution in [0.2, 0.25) is 0 Å². The summed E-state index contributed by atoms with van der Waals surface area (Å²) in [5.74, 6) is -0.159. The second-order valence-electron chi connectivity index (χ2n) is 5.34. The second kappa shape index (κ2) is 6.20. The van der Waals surface area contributed by atoms with E-state index in [9.17, 15) is 12.8 Å². The van der Waals surface area contributed by atoms with Crippen molar-refractivity contribution in [2.45, 2.75) is 24.7 Å². The van der Waals surface area contributed by atoms with Gasteiger partial charge in [-0.2, -0.15) is 4.31 Å². The third kappa shape index (κ3) is 3.19. The van der Waals surface area contributed by atoms with Gasteiger partial charge in [0.15, 0.2) is 0 Å². The first-order valence-electron chi connectivity index (χ1n) is 6.86. The topological polar surface area (TPSA) is 49.4 Å². The Hall–Kier alpha value is -0.980. The van der Waals surface area contributed by atoms with Crippen molar-refractivity contribution >= 4 is 10.0 Å². The van der Waals surface area contributed by atoms with Crippen LogP contribution in [-0.2, 0) is 10.0 Å². The van der Waals surface area contributed by atoms with E-state index < -0.39 is 15.8 Å². The summed E-state index contributed by atoms with van der Waals surface area (Å²) in [5, 5.41) is 3.08. The minimum absolute atomic E-state index is 0.0470. The van der Waals surface area contributed by atoms with Crippen molar-refractivity contribution in [1.29, 1.82) is 0 Å². The summed E-state index contributed by atoms with van der Waals surface area (Å²) in [5.41, 5.74) is 0.454. The van der Waals surface area contributed by atoms with E-state index in [4.69, 9.17) is 0 Å². The quantitative estimate of drug-likeness (QED) is 0.922. The van der Waals surface area contributed by atoms with Crippen LogP contribution >= 0.6 is 0 Å². The fourth-order valence-electron chi connectivity index (χ4n) is 2.58. The minimum Gasteiger partial charge on any atom is -0.319 e. The summed E-state index contributed by atoms with van der Waals surface area (Å²) in [7, 11) is -1.72. The van der Waals surface area contributed by atoms with E-state index in [1.54, 1.807) is 6.92 Å². The monoisotopic (exact) mass is 300 g/mol. The maximum Gasteiger partial charge on any atom is 0.243 e. The predicted molar refractivity (Wildman–Crippen MR) is 76.5 cm³/mol. The Morgan fingerprint density at radius 1 is 1.45 bits per heavy atom. The fourth-order valence-corrected chi connectivity index (χ4v) is 4.15. The molecule has 1 aromatic rings. The number of benzene rings is 1. The van der Waals surface area contributed by atoms with E-state index in [1.165, 1.54) is 16.4 Å². The Labute approximate surface area is 120 Å². The van der Waals surface area contributed by atoms with Gasteiger partial charge in [0.2, 0.25) is 10.0 Å². The second-order valence-corrected chi connectivity index (χ2v) is 7.28. The van der Waals surface area contributed by atoms with Gasteiger partial charge in [0, 0.05) is 13.1 Å². The zero-order valence-corrected chi connectivity index (χ0v) is 12.7. The van der Waals surface area contributed by atoms with E-state index >= 15 is 0 Å². The first-order valence-corrected chi connectivity index (χ1v) is 8.30. The van der Waals surface area contributed by atoms with Crippen molar-refractivity contribution in [3.8, 4) is 0 Å². The highest BCUT2D eigenvalue weighted by atomic mass is 32.2. The van der Waals surface area contributed by atoms with Crippen LogP contribution in [0.3, 0.4) is 0 Å². The first-order chi connectivity index (χ1) is 9.45. The van der Waals surface area contributed by atoms with Crippen LogP contribution in [0.15, 0.2) is 23.1 Å². The van der Waals surface area contributed by atoms with Gasteiger partial charge in [-0.1, -0.05) is 6.07 Å². The van der Waals surface area contributed by atoms with Crippen LogP contribution in [0, 0.1) is 18.7 Å². The van der Waals surface area contributed by atoms with Crippen molar-refractivity contribution in [1.82, 2.24) is 9.62 Å². The molecule has 0 spiro atoms. The maximum absolute atomic E-state index is 13.6. The SMILES string of the molecule is CNC[C@@H]1CCCN(S(=O)(=O)c2ccc(C)c(F)c2)C1. The Bertz CT molecular complexity index is 573. The van der Waals surface area contributed by atoms with Crippen molar-refractivity contribution in [2.75, 3.05) is 26.7 Å². The summed E-state index contributed by atoms with van der Waals surface area (Å²) >= 11 is 0. The van der Waals surface area contributed by atoms with E-state index in [0.717, 1.165) is 25.5 Å². The Balaban J connectivity index is 2.23. The molecular formula is C14H21FN2O2S. The molecule has 0 amide bonds. The molecule has 2 rings (SSSR count). The number of nitrogens with zero attached hydrogens (tertiary/aromatic N) is 1. The summed E-state index contributed by atoms with van der Waals surface area (Å²) in [6, 6.07) is 4.11. The maximum atomic E-state index is 13.6. The zero-order chi connectivity index (χ0) is 14.8. The average molecular weight is 300 g/mol. The smallest absolute Gasteiger partial charge is 0.243 e. The molecule has 4 nitrogen and oxygen atoms in total. The molecule has 1 aromatic carbocycles. The van der Waals surface area contributed by atoms with Gasteiger partial charge in [-0.05, 0) is 57.0 Å². The molecule has 1 heterocycles. The van der Waals surface area contributed by atoms with Gasteiger partial charge >= 0.3 is 0 Å². The molecule has 0 unspecified atom stereocenters. The molecule has 1 aliphatic rings. The number of nitrogens with one attached hydrogen (secondary N) is 1. The number of hydrogen-bond donors (Lipinski definition) is 1. The molecule has 0 saturated carbocycles. The van der Waals surface area contributed by atoms with E-state index in [0.29, 0.717) is 24.6 Å². The first kappa shape index (κ1) is 15.4. The number of hydrogen-bond acceptors (Lipinski definition) is 3. The molecule has 0 aliphatic carbocycles. The van der Waals surface area contributed by atoms with Gasteiger partial charge in [0.25, 0.3) is 0 Å². The van der Waals surface area contributed by atoms with Gasteiger partial charge in [-0.3, -0.25) is 0 Å². The Kier molecular flexibility index (Phi) is 4.78. The summed E-state index contributed by atoms with van der Waals surface area (Å²) in [6.07, 6.45) is 1.87. The summed E-state index contributed by atoms with van der Waals surface area (Å²) in [4.78, 5) is 0.0470. The van der Waals surface area contributed by atoms with Gasteiger partial charge in [-0.15, -0.1) is 0 Å². The lowest BCUT2D eigenvalue weighted by Gasteiger charge is -2.31. The number of piperidine rings is 1. The highest BCUT2D eigenvalue weighted by Gasteiger charge is 2.30. The lowest BCUT2D eigenvalue weighted by atomic mass is 10.00. The number of rotatable bonds is 4. The predicted octanol–water partition coefficient (Wildman–Crippen LogP) is 1.75. The number of sulfonamides is 1. The molecule has 6 heteroatoms. The molecular weight excluding hydrogens is 279 g/mol. The molecule has 1 fully saturated rings. The largest absolute Gasteiger partial charge is 0.319 e. The Morgan fingerprint density at radius 2 is 2.20 bits per heavy atom. The molecule has 0 aromatic heterocycles. The summed E-state index contributed by atoms with van der Waals surface area (Å²) < 4.78 is 40.1. The van der Waals surface area contributed by atoms with Crippen LogP contribution < -0.4 is 5.32 Å². The fraction of sp³-hybridized carbons (Fsp3) is 0.571. The lowest BCUT2D eigenvalue weighted by Crippen LogP contribution is -2.42. The van der Waals surface area contributed by atoms with Gasteiger partial charge in [-0.25, -0.2) is 12.8 Å². The molecule has 112 valence electrons. The summed E-state index contributed by atoms with van der Waals surface area (Å²) in [6.45, 7) is 3.43. The number of halogens is 1. The van der Waals surface area contributed by atoms with Crippen LogP contribution in [0.4, 0.5) is 4.39 Å². The molecule has 20 heavy (non-hydrogen) atoms. The third-order valence-electron chi connectivity index (χ3n) is 3.76. The average Bonchev–Trinajstić information content (AvgIpc) is 2.42. The molecule has 0 bridgehead atoms. The van der Waals surface area contributed by atoms with Crippen molar-refractivity contribution in [3.05, 3.63) is 29.6 Å². The van der Waals surface area contributed by atoms with Crippen LogP contribution in [0.1, 0.15) is 18.4 Å². The molecule has 0 radical (unpaired) electrons. The molecule has 1 atom stereocenters. The van der Waals surface area contributed by atoms with Gasteiger partial charge in [0.05, 0.1) is 4.90 Å². The zero-order valence-electron chi connectivity index (χ0n) is 11.9. The molecule has 1 N–H and O–H groups in total. The lowest BCUT2D eigenvalue weighted by molar-refractivity contribution is 0.263. The Morgan fingerprint density at radius 3 is 2.85 bits per heavy atom. The third-order valence-corrected chi connectivity index (χ3v) is 5.62. The highest BCUT2D eigenvalue weighted by molar-refractivity contribution is 7.89. The normalized spacial score (nSPS) is 21.1. The highest BCUT2D eigenvalue weighted by Crippen LogP contribution is 2.24. The molecule has 1 aliphatic heterocycles. The van der Waals surface area contributed by atoms with Crippen molar-refractivity contribution in [2.24, 2.45) is 5.92 Å². The van der Waals surface area contributed by atoms with Crippen molar-refractivity contribution < 1.29 is 12.8 Å². The standard InChI is InChI=1S/C14H21FN2O2S/c1-11-5-6-13(8-14(11)15)20(18,19)17-7-3-4-12(10-17)9-16-2/h5-6,8,12,16H,3-4,7,9-10H2,1-2H3/t12-/m0/s1. The van der Waals surface area contributed by atoms with E-state index in [-0.39, 0.29) is 4.90 Å². The van der Waals surface area contributed by atoms with E-state index in [1.807, 2.05) is 7.05 Å². The van der Waals surface area contributed by atoms with Gasteiger partial charge in [0.1, 0.15) is 5.82 Å².